The number of rotatable bonds is 4. The van der Waals surface area contributed by atoms with Gasteiger partial charge >= 0.3 is 6.03 Å². The van der Waals surface area contributed by atoms with E-state index < -0.39 is 11.6 Å². The molecule has 1 N–H and O–H groups in total. The van der Waals surface area contributed by atoms with Crippen LogP contribution in [0.5, 0.6) is 0 Å². The first-order chi connectivity index (χ1) is 12.1. The number of anilines is 1. The van der Waals surface area contributed by atoms with Gasteiger partial charge in [-0.2, -0.15) is 0 Å². The van der Waals surface area contributed by atoms with E-state index >= 15 is 0 Å². The van der Waals surface area contributed by atoms with E-state index in [1.54, 1.807) is 10.4 Å². The van der Waals surface area contributed by atoms with Crippen molar-refractivity contribution >= 4 is 22.5 Å². The fraction of sp³-hybridized carbons (Fsp3) is 0.438. The third kappa shape index (κ3) is 4.10. The average molecular weight is 367 g/mol. The highest BCUT2D eigenvalue weighted by Crippen LogP contribution is 2.28. The van der Waals surface area contributed by atoms with Crippen molar-refractivity contribution in [3.05, 3.63) is 40.9 Å². The van der Waals surface area contributed by atoms with Gasteiger partial charge in [0, 0.05) is 43.9 Å². The molecular formula is C16H19F2N5OS. The van der Waals surface area contributed by atoms with Gasteiger partial charge in [0.25, 0.3) is 0 Å². The van der Waals surface area contributed by atoms with E-state index in [2.05, 4.69) is 20.4 Å². The average Bonchev–Trinajstić information content (AvgIpc) is 3.11. The molecule has 1 aliphatic rings. The van der Waals surface area contributed by atoms with Crippen LogP contribution in [0.15, 0.2) is 23.7 Å². The topological polar surface area (TPSA) is 61.4 Å². The minimum absolute atomic E-state index is 0.131. The number of nitrogens with one attached hydrogen (secondary N) is 1. The zero-order valence-electron chi connectivity index (χ0n) is 13.8. The summed E-state index contributed by atoms with van der Waals surface area (Å²) in [6, 6.07) is 3.37. The molecule has 1 aliphatic heterocycles. The first-order valence-corrected chi connectivity index (χ1v) is 8.97. The van der Waals surface area contributed by atoms with Crippen molar-refractivity contribution in [1.82, 2.24) is 20.0 Å². The van der Waals surface area contributed by atoms with Gasteiger partial charge in [0.15, 0.2) is 0 Å². The second-order valence-corrected chi connectivity index (χ2v) is 6.62. The number of hydrogen-bond donors (Lipinski definition) is 1. The first-order valence-electron chi connectivity index (χ1n) is 8.09. The van der Waals surface area contributed by atoms with Crippen LogP contribution in [0.2, 0.25) is 0 Å². The maximum atomic E-state index is 14.1. The summed E-state index contributed by atoms with van der Waals surface area (Å²) in [5.74, 6) is -1.10. The molecule has 1 fully saturated rings. The summed E-state index contributed by atoms with van der Waals surface area (Å²) in [5, 5.41) is 10.6. The zero-order chi connectivity index (χ0) is 17.8. The fourth-order valence-electron chi connectivity index (χ4n) is 3.08. The normalized spacial score (nSPS) is 16.7. The molecule has 1 atom stereocenters. The van der Waals surface area contributed by atoms with E-state index in [0.717, 1.165) is 6.07 Å². The lowest BCUT2D eigenvalue weighted by Gasteiger charge is -2.39. The summed E-state index contributed by atoms with van der Waals surface area (Å²) in [4.78, 5) is 16.0. The van der Waals surface area contributed by atoms with E-state index in [-0.39, 0.29) is 12.1 Å². The number of hydrogen-bond acceptors (Lipinski definition) is 5. The van der Waals surface area contributed by atoms with E-state index in [1.807, 2.05) is 6.92 Å². The summed E-state index contributed by atoms with van der Waals surface area (Å²) in [6.07, 6.45) is 0.708. The maximum absolute atomic E-state index is 14.1. The number of amides is 2. The van der Waals surface area contributed by atoms with Crippen LogP contribution in [-0.4, -0.2) is 52.2 Å². The fourth-order valence-corrected chi connectivity index (χ4v) is 3.52. The Hall–Kier alpha value is -2.13. The van der Waals surface area contributed by atoms with Gasteiger partial charge in [-0.25, -0.2) is 13.6 Å². The van der Waals surface area contributed by atoms with Crippen LogP contribution in [0.4, 0.5) is 18.7 Å². The van der Waals surface area contributed by atoms with Crippen molar-refractivity contribution in [2.45, 2.75) is 19.4 Å². The van der Waals surface area contributed by atoms with Crippen molar-refractivity contribution in [3.8, 4) is 0 Å². The van der Waals surface area contributed by atoms with Crippen LogP contribution in [0.25, 0.3) is 0 Å². The molecule has 0 aliphatic carbocycles. The molecule has 1 saturated heterocycles. The van der Waals surface area contributed by atoms with Gasteiger partial charge in [-0.15, -0.1) is 10.2 Å². The van der Waals surface area contributed by atoms with E-state index in [4.69, 9.17) is 0 Å². The monoisotopic (exact) mass is 367 g/mol. The third-order valence-electron chi connectivity index (χ3n) is 4.32. The lowest BCUT2D eigenvalue weighted by molar-refractivity contribution is 0.109. The van der Waals surface area contributed by atoms with Crippen LogP contribution in [-0.2, 0) is 0 Å². The predicted molar refractivity (Wildman–Crippen MR) is 91.5 cm³/mol. The van der Waals surface area contributed by atoms with Gasteiger partial charge in [-0.3, -0.25) is 10.2 Å². The van der Waals surface area contributed by atoms with Gasteiger partial charge in [-0.1, -0.05) is 24.3 Å². The summed E-state index contributed by atoms with van der Waals surface area (Å²) >= 11 is 1.26. The number of nitrogens with zero attached hydrogens (tertiary/aromatic N) is 4. The smallest absolute Gasteiger partial charge is 0.322 e. The molecule has 2 heterocycles. The minimum atomic E-state index is -0.575. The Labute approximate surface area is 148 Å². The lowest BCUT2D eigenvalue weighted by Crippen LogP contribution is -2.50. The van der Waals surface area contributed by atoms with Crippen molar-refractivity contribution in [3.63, 3.8) is 0 Å². The van der Waals surface area contributed by atoms with Crippen molar-refractivity contribution in [1.29, 1.82) is 0 Å². The SMILES string of the molecule is CCC(c1ccc(F)cc1F)N1CCN(C(=O)Nc2nncs2)CC1. The molecule has 2 aromatic rings. The molecule has 134 valence electrons. The molecule has 25 heavy (non-hydrogen) atoms. The highest BCUT2D eigenvalue weighted by Gasteiger charge is 2.28. The number of carbonyl (C=O) groups is 1. The van der Waals surface area contributed by atoms with E-state index in [1.165, 1.54) is 23.5 Å². The zero-order valence-corrected chi connectivity index (χ0v) is 14.6. The molecule has 0 spiro atoms. The van der Waals surface area contributed by atoms with Crippen molar-refractivity contribution in [2.75, 3.05) is 31.5 Å². The quantitative estimate of drug-likeness (QED) is 0.902. The Balaban J connectivity index is 1.61. The number of aromatic nitrogens is 2. The van der Waals surface area contributed by atoms with Crippen LogP contribution >= 0.6 is 11.3 Å². The summed E-state index contributed by atoms with van der Waals surface area (Å²) < 4.78 is 27.2. The number of halogens is 2. The minimum Gasteiger partial charge on any atom is -0.322 e. The molecule has 3 rings (SSSR count). The molecule has 6 nitrogen and oxygen atoms in total. The van der Waals surface area contributed by atoms with Gasteiger partial charge in [-0.05, 0) is 12.5 Å². The Kier molecular flexibility index (Phi) is 5.54. The van der Waals surface area contributed by atoms with Crippen LogP contribution in [0.3, 0.4) is 0 Å². The van der Waals surface area contributed by atoms with Crippen molar-refractivity contribution < 1.29 is 13.6 Å². The highest BCUT2D eigenvalue weighted by molar-refractivity contribution is 7.13. The summed E-state index contributed by atoms with van der Waals surface area (Å²) in [6.45, 7) is 4.29. The molecule has 1 aromatic carbocycles. The first kappa shape index (κ1) is 17.7. The molecule has 2 amide bonds. The molecular weight excluding hydrogens is 348 g/mol. The Morgan fingerprint density at radius 3 is 2.68 bits per heavy atom. The second kappa shape index (κ2) is 7.83. The Bertz CT molecular complexity index is 719. The standard InChI is InChI=1S/C16H19F2N5OS/c1-2-14(12-4-3-11(17)9-13(12)18)22-5-7-23(8-6-22)16(24)20-15-21-19-10-25-15/h3-4,9-10,14H,2,5-8H2,1H3,(H,20,21,24). The molecule has 0 radical (unpaired) electrons. The highest BCUT2D eigenvalue weighted by atomic mass is 32.1. The van der Waals surface area contributed by atoms with Gasteiger partial charge < -0.3 is 4.90 Å². The molecule has 0 saturated carbocycles. The predicted octanol–water partition coefficient (Wildman–Crippen LogP) is 3.12. The molecule has 1 unspecified atom stereocenters. The largest absolute Gasteiger partial charge is 0.323 e. The van der Waals surface area contributed by atoms with Gasteiger partial charge in [0.05, 0.1) is 0 Å². The van der Waals surface area contributed by atoms with E-state index in [9.17, 15) is 13.6 Å². The third-order valence-corrected chi connectivity index (χ3v) is 4.93. The van der Waals surface area contributed by atoms with Crippen molar-refractivity contribution in [2.24, 2.45) is 0 Å². The summed E-state index contributed by atoms with van der Waals surface area (Å²) in [7, 11) is 0. The van der Waals surface area contributed by atoms with Gasteiger partial charge in [0.1, 0.15) is 17.1 Å². The summed E-state index contributed by atoms with van der Waals surface area (Å²) in [5.41, 5.74) is 2.05. The van der Waals surface area contributed by atoms with E-state index in [0.29, 0.717) is 43.3 Å². The molecule has 1 aromatic heterocycles. The Morgan fingerprint density at radius 1 is 1.32 bits per heavy atom. The number of urea groups is 1. The Morgan fingerprint density at radius 2 is 2.08 bits per heavy atom. The van der Waals surface area contributed by atoms with Crippen LogP contribution in [0, 0.1) is 11.6 Å². The molecule has 9 heteroatoms. The van der Waals surface area contributed by atoms with Crippen LogP contribution < -0.4 is 5.32 Å². The van der Waals surface area contributed by atoms with Crippen LogP contribution in [0.1, 0.15) is 24.9 Å². The molecule has 0 bridgehead atoms. The maximum Gasteiger partial charge on any atom is 0.323 e. The van der Waals surface area contributed by atoms with Gasteiger partial charge in [0.2, 0.25) is 5.13 Å². The number of benzene rings is 1. The second-order valence-electron chi connectivity index (χ2n) is 5.79. The number of carbonyl (C=O) groups excluding carboxylic acids is 1. The lowest BCUT2D eigenvalue weighted by atomic mass is 10.0. The number of piperazine rings is 1.